The third kappa shape index (κ3) is 1.54. The Labute approximate surface area is 90.3 Å². The number of fused-ring (bicyclic) bond motifs is 1. The van der Waals surface area contributed by atoms with Gasteiger partial charge in [-0.1, -0.05) is 0 Å². The van der Waals surface area contributed by atoms with Gasteiger partial charge in [-0.15, -0.1) is 0 Å². The summed E-state index contributed by atoms with van der Waals surface area (Å²) >= 11 is 0. The molecular formula is C10H9N3O3. The quantitative estimate of drug-likeness (QED) is 0.702. The summed E-state index contributed by atoms with van der Waals surface area (Å²) < 4.78 is 4.59. The number of aromatic amines is 1. The van der Waals surface area contributed by atoms with Crippen LogP contribution in [0.3, 0.4) is 0 Å². The number of aromatic nitrogens is 3. The Kier molecular flexibility index (Phi) is 2.40. The second kappa shape index (κ2) is 3.73. The fourth-order valence-electron chi connectivity index (χ4n) is 1.40. The minimum Gasteiger partial charge on any atom is -0.465 e. The molecule has 2 heterocycles. The monoisotopic (exact) mass is 219 g/mol. The van der Waals surface area contributed by atoms with Crippen LogP contribution >= 0.6 is 0 Å². The second-order valence-electron chi connectivity index (χ2n) is 3.22. The van der Waals surface area contributed by atoms with Crippen molar-refractivity contribution in [1.82, 2.24) is 15.0 Å². The van der Waals surface area contributed by atoms with Crippen molar-refractivity contribution < 1.29 is 9.53 Å². The van der Waals surface area contributed by atoms with E-state index in [1.54, 1.807) is 6.92 Å². The molecular weight excluding hydrogens is 210 g/mol. The molecule has 2 rings (SSSR count). The van der Waals surface area contributed by atoms with E-state index in [2.05, 4.69) is 19.7 Å². The van der Waals surface area contributed by atoms with Crippen LogP contribution in [-0.4, -0.2) is 28.0 Å². The van der Waals surface area contributed by atoms with Crippen molar-refractivity contribution in [1.29, 1.82) is 0 Å². The predicted octanol–water partition coefficient (Wildman–Crippen LogP) is 0.413. The molecule has 0 aliphatic rings. The molecule has 0 saturated carbocycles. The van der Waals surface area contributed by atoms with Crippen LogP contribution in [0.1, 0.15) is 16.1 Å². The number of aryl methyl sites for hydroxylation is 1. The van der Waals surface area contributed by atoms with E-state index in [4.69, 9.17) is 0 Å². The Morgan fingerprint density at radius 3 is 2.94 bits per heavy atom. The normalized spacial score (nSPS) is 10.4. The standard InChI is InChI=1S/C10H9N3O3/c1-5-6(10(15)16-2)3-7-8(13-5)11-4-12-9(7)14/h3-4H,1-2H3,(H,11,12,13,14). The highest BCUT2D eigenvalue weighted by Crippen LogP contribution is 2.11. The summed E-state index contributed by atoms with van der Waals surface area (Å²) in [5.74, 6) is -0.518. The number of nitrogens with zero attached hydrogens (tertiary/aromatic N) is 2. The van der Waals surface area contributed by atoms with Crippen molar-refractivity contribution in [3.05, 3.63) is 34.0 Å². The molecule has 0 atom stereocenters. The van der Waals surface area contributed by atoms with Crippen LogP contribution in [0, 0.1) is 6.92 Å². The van der Waals surface area contributed by atoms with E-state index >= 15 is 0 Å². The van der Waals surface area contributed by atoms with Gasteiger partial charge in [0.15, 0.2) is 5.65 Å². The van der Waals surface area contributed by atoms with Gasteiger partial charge < -0.3 is 9.72 Å². The van der Waals surface area contributed by atoms with Gasteiger partial charge in [-0.3, -0.25) is 4.79 Å². The van der Waals surface area contributed by atoms with Gasteiger partial charge in [0.1, 0.15) is 0 Å². The lowest BCUT2D eigenvalue weighted by Crippen LogP contribution is -2.11. The van der Waals surface area contributed by atoms with Gasteiger partial charge in [0.2, 0.25) is 0 Å². The number of esters is 1. The molecule has 6 nitrogen and oxygen atoms in total. The average molecular weight is 219 g/mol. The first-order chi connectivity index (χ1) is 7.63. The minimum atomic E-state index is -0.518. The van der Waals surface area contributed by atoms with Crippen LogP contribution in [0.25, 0.3) is 11.0 Å². The van der Waals surface area contributed by atoms with Gasteiger partial charge in [-0.25, -0.2) is 14.8 Å². The highest BCUT2D eigenvalue weighted by molar-refractivity contribution is 5.94. The molecule has 6 heteroatoms. The largest absolute Gasteiger partial charge is 0.465 e. The molecule has 82 valence electrons. The number of ether oxygens (including phenoxy) is 1. The topological polar surface area (TPSA) is 84.9 Å². The highest BCUT2D eigenvalue weighted by Gasteiger charge is 2.13. The molecule has 0 spiro atoms. The van der Waals surface area contributed by atoms with Crippen LogP contribution in [0.15, 0.2) is 17.2 Å². The minimum absolute atomic E-state index is 0.272. The fraction of sp³-hybridized carbons (Fsp3) is 0.200. The number of carbonyl (C=O) groups excluding carboxylic acids is 1. The van der Waals surface area contributed by atoms with Crippen molar-refractivity contribution >= 4 is 17.0 Å². The van der Waals surface area contributed by atoms with Gasteiger partial charge in [-0.2, -0.15) is 0 Å². The lowest BCUT2D eigenvalue weighted by Gasteiger charge is -2.03. The van der Waals surface area contributed by atoms with E-state index in [1.807, 2.05) is 0 Å². The number of methoxy groups -OCH3 is 1. The number of rotatable bonds is 1. The molecule has 0 bridgehead atoms. The van der Waals surface area contributed by atoms with Crippen LogP contribution < -0.4 is 5.56 Å². The first-order valence-electron chi connectivity index (χ1n) is 4.57. The lowest BCUT2D eigenvalue weighted by atomic mass is 10.1. The van der Waals surface area contributed by atoms with Crippen molar-refractivity contribution in [2.75, 3.05) is 7.11 Å². The molecule has 0 saturated heterocycles. The Balaban J connectivity index is 2.79. The smallest absolute Gasteiger partial charge is 0.339 e. The summed E-state index contributed by atoms with van der Waals surface area (Å²) in [4.78, 5) is 33.3. The second-order valence-corrected chi connectivity index (χ2v) is 3.22. The zero-order valence-corrected chi connectivity index (χ0v) is 8.77. The molecule has 0 fully saturated rings. The van der Waals surface area contributed by atoms with Crippen LogP contribution in [-0.2, 0) is 4.74 Å². The van der Waals surface area contributed by atoms with E-state index in [9.17, 15) is 9.59 Å². The van der Waals surface area contributed by atoms with Crippen molar-refractivity contribution in [3.8, 4) is 0 Å². The number of carbonyl (C=O) groups is 1. The summed E-state index contributed by atoms with van der Waals surface area (Å²) in [6.45, 7) is 1.66. The molecule has 2 aromatic rings. The van der Waals surface area contributed by atoms with Crippen LogP contribution in [0.5, 0.6) is 0 Å². The lowest BCUT2D eigenvalue weighted by molar-refractivity contribution is 0.0599. The van der Waals surface area contributed by atoms with E-state index in [1.165, 1.54) is 19.5 Å². The number of nitrogens with one attached hydrogen (secondary N) is 1. The fourth-order valence-corrected chi connectivity index (χ4v) is 1.40. The first kappa shape index (κ1) is 10.3. The maximum Gasteiger partial charge on any atom is 0.339 e. The van der Waals surface area contributed by atoms with Gasteiger partial charge >= 0.3 is 5.97 Å². The number of hydrogen-bond acceptors (Lipinski definition) is 5. The van der Waals surface area contributed by atoms with Gasteiger partial charge in [0, 0.05) is 0 Å². The third-order valence-corrected chi connectivity index (χ3v) is 2.23. The summed E-state index contributed by atoms with van der Waals surface area (Å²) in [5.41, 5.74) is 0.738. The van der Waals surface area contributed by atoms with E-state index in [-0.39, 0.29) is 16.5 Å². The molecule has 0 aliphatic carbocycles. The summed E-state index contributed by atoms with van der Waals surface area (Å²) in [5, 5.41) is 0.272. The van der Waals surface area contributed by atoms with Gasteiger partial charge in [0.25, 0.3) is 5.56 Å². The van der Waals surface area contributed by atoms with Crippen molar-refractivity contribution in [3.63, 3.8) is 0 Å². The maximum atomic E-state index is 11.5. The summed E-state index contributed by atoms with van der Waals surface area (Å²) in [6, 6.07) is 1.44. The molecule has 2 aromatic heterocycles. The first-order valence-corrected chi connectivity index (χ1v) is 4.57. The molecule has 0 amide bonds. The third-order valence-electron chi connectivity index (χ3n) is 2.23. The number of H-pyrrole nitrogens is 1. The Bertz CT molecular complexity index is 618. The Morgan fingerprint density at radius 1 is 1.50 bits per heavy atom. The number of hydrogen-bond donors (Lipinski definition) is 1. The predicted molar refractivity (Wildman–Crippen MR) is 56.2 cm³/mol. The Morgan fingerprint density at radius 2 is 2.25 bits per heavy atom. The van der Waals surface area contributed by atoms with E-state index in [0.29, 0.717) is 11.3 Å². The zero-order valence-electron chi connectivity index (χ0n) is 8.77. The molecule has 0 aromatic carbocycles. The highest BCUT2D eigenvalue weighted by atomic mass is 16.5. The molecule has 16 heavy (non-hydrogen) atoms. The zero-order chi connectivity index (χ0) is 11.7. The van der Waals surface area contributed by atoms with Crippen LogP contribution in [0.2, 0.25) is 0 Å². The van der Waals surface area contributed by atoms with Crippen molar-refractivity contribution in [2.24, 2.45) is 0 Å². The van der Waals surface area contributed by atoms with E-state index < -0.39 is 5.97 Å². The van der Waals surface area contributed by atoms with Gasteiger partial charge in [-0.05, 0) is 13.0 Å². The summed E-state index contributed by atoms with van der Waals surface area (Å²) in [7, 11) is 1.28. The SMILES string of the molecule is COC(=O)c1cc2c(=O)[nH]cnc2nc1C. The molecule has 1 N–H and O–H groups in total. The Hall–Kier alpha value is -2.24. The average Bonchev–Trinajstić information content (AvgIpc) is 2.28. The van der Waals surface area contributed by atoms with E-state index in [0.717, 1.165) is 0 Å². The maximum absolute atomic E-state index is 11.5. The van der Waals surface area contributed by atoms with Crippen LogP contribution in [0.4, 0.5) is 0 Å². The summed E-state index contributed by atoms with van der Waals surface area (Å²) in [6.07, 6.45) is 1.27. The molecule has 0 radical (unpaired) electrons. The van der Waals surface area contributed by atoms with Gasteiger partial charge in [0.05, 0.1) is 30.1 Å². The van der Waals surface area contributed by atoms with Crippen molar-refractivity contribution in [2.45, 2.75) is 6.92 Å². The number of pyridine rings is 1. The molecule has 0 aliphatic heterocycles. The molecule has 0 unspecified atom stereocenters.